The Morgan fingerprint density at radius 3 is 2.61 bits per heavy atom. The number of carbonyl (C=O) groups excluding carboxylic acids is 1. The number of hydrogen-bond acceptors (Lipinski definition) is 3. The van der Waals surface area contributed by atoms with Gasteiger partial charge >= 0.3 is 6.09 Å². The molecule has 0 radical (unpaired) electrons. The first kappa shape index (κ1) is 21.0. The lowest BCUT2D eigenvalue weighted by atomic mass is 10.0. The van der Waals surface area contributed by atoms with Gasteiger partial charge < -0.3 is 20.1 Å². The van der Waals surface area contributed by atoms with Crippen LogP contribution in [0.25, 0.3) is 6.08 Å². The number of methoxy groups -OCH3 is 1. The highest BCUT2D eigenvalue weighted by Gasteiger charge is 2.12. The zero-order valence-corrected chi connectivity index (χ0v) is 15.8. The maximum Gasteiger partial charge on any atom is 0.407 e. The van der Waals surface area contributed by atoms with Crippen molar-refractivity contribution < 1.29 is 23.8 Å². The van der Waals surface area contributed by atoms with Gasteiger partial charge in [-0.3, -0.25) is 4.79 Å². The number of benzene rings is 2. The maximum atomic E-state index is 13.6. The summed E-state index contributed by atoms with van der Waals surface area (Å²) in [5.74, 6) is -0.415. The fourth-order valence-corrected chi connectivity index (χ4v) is 2.73. The molecule has 2 aromatic carbocycles. The van der Waals surface area contributed by atoms with E-state index >= 15 is 0 Å². The van der Waals surface area contributed by atoms with E-state index in [4.69, 9.17) is 9.84 Å². The monoisotopic (exact) mass is 386 g/mol. The summed E-state index contributed by atoms with van der Waals surface area (Å²) in [7, 11) is 1.52. The Balaban J connectivity index is 2.12. The number of anilines is 1. The predicted molar refractivity (Wildman–Crippen MR) is 106 cm³/mol. The highest BCUT2D eigenvalue weighted by Crippen LogP contribution is 2.26. The first-order valence-electron chi connectivity index (χ1n) is 8.83. The molecule has 0 aliphatic rings. The van der Waals surface area contributed by atoms with Gasteiger partial charge in [0.2, 0.25) is 5.91 Å². The smallest absolute Gasteiger partial charge is 0.407 e. The van der Waals surface area contributed by atoms with Gasteiger partial charge in [0.1, 0.15) is 11.6 Å². The van der Waals surface area contributed by atoms with Crippen LogP contribution in [0.4, 0.5) is 14.9 Å². The van der Waals surface area contributed by atoms with Crippen LogP contribution < -0.4 is 10.1 Å². The number of amides is 2. The van der Waals surface area contributed by atoms with Crippen LogP contribution in [-0.4, -0.2) is 42.2 Å². The van der Waals surface area contributed by atoms with Gasteiger partial charge in [0.05, 0.1) is 12.8 Å². The predicted octanol–water partition coefficient (Wildman–Crippen LogP) is 4.03. The Morgan fingerprint density at radius 1 is 1.21 bits per heavy atom. The minimum Gasteiger partial charge on any atom is -0.496 e. The van der Waals surface area contributed by atoms with Gasteiger partial charge in [-0.1, -0.05) is 30.3 Å². The Hall–Kier alpha value is -3.35. The third kappa shape index (κ3) is 5.57. The van der Waals surface area contributed by atoms with Crippen molar-refractivity contribution in [1.82, 2.24) is 4.90 Å². The van der Waals surface area contributed by atoms with Crippen molar-refractivity contribution in [3.63, 3.8) is 0 Å². The van der Waals surface area contributed by atoms with Crippen LogP contribution in [0.3, 0.4) is 0 Å². The van der Waals surface area contributed by atoms with E-state index in [9.17, 15) is 14.0 Å². The number of carboxylic acid groups (broad SMARTS) is 1. The number of likely N-dealkylation sites (N-methyl/N-ethyl adjacent to an activating group) is 1. The largest absolute Gasteiger partial charge is 0.496 e. The first-order chi connectivity index (χ1) is 13.5. The van der Waals surface area contributed by atoms with Crippen LogP contribution in [0.1, 0.15) is 18.1 Å². The molecule has 2 N–H and O–H groups in total. The van der Waals surface area contributed by atoms with Gasteiger partial charge in [-0.15, -0.1) is 0 Å². The molecular formula is C21H23FN2O4. The molecule has 28 heavy (non-hydrogen) atoms. The Bertz CT molecular complexity index is 867. The van der Waals surface area contributed by atoms with Gasteiger partial charge in [-0.05, 0) is 37.1 Å². The number of ether oxygens (including phenoxy) is 1. The Morgan fingerprint density at radius 2 is 1.96 bits per heavy atom. The second-order valence-electron chi connectivity index (χ2n) is 5.95. The zero-order chi connectivity index (χ0) is 20.5. The molecule has 2 amide bonds. The van der Waals surface area contributed by atoms with Crippen LogP contribution in [0, 0.1) is 5.82 Å². The third-order valence-corrected chi connectivity index (χ3v) is 4.18. The van der Waals surface area contributed by atoms with Gasteiger partial charge in [0, 0.05) is 24.7 Å². The molecule has 0 aliphatic heterocycles. The number of halogens is 1. The molecule has 2 rings (SSSR count). The van der Waals surface area contributed by atoms with E-state index < -0.39 is 17.8 Å². The SMILES string of the molecule is CCN(CCc1cccc(C=CC(=O)Nc2ccccc2F)c1OC)C(=O)O. The van der Waals surface area contributed by atoms with Gasteiger partial charge in [-0.25, -0.2) is 9.18 Å². The molecule has 0 unspecified atom stereocenters. The normalized spacial score (nSPS) is 10.7. The molecule has 0 atom stereocenters. The first-order valence-corrected chi connectivity index (χ1v) is 8.83. The standard InChI is InChI=1S/C21H23FN2O4/c1-3-24(21(26)27)14-13-16-8-6-7-15(20(16)28-2)11-12-19(25)23-18-10-5-4-9-17(18)22/h4-12H,3,13-14H2,1-2H3,(H,23,25)(H,26,27). The van der Waals surface area contributed by atoms with Crippen molar-refractivity contribution in [2.45, 2.75) is 13.3 Å². The number of hydrogen-bond donors (Lipinski definition) is 2. The van der Waals surface area contributed by atoms with Crippen molar-refractivity contribution in [2.24, 2.45) is 0 Å². The van der Waals surface area contributed by atoms with E-state index in [0.717, 1.165) is 5.56 Å². The van der Waals surface area contributed by atoms with Gasteiger partial charge in [-0.2, -0.15) is 0 Å². The van der Waals surface area contributed by atoms with Gasteiger partial charge in [0.25, 0.3) is 0 Å². The molecule has 0 heterocycles. The number of carbonyl (C=O) groups is 2. The lowest BCUT2D eigenvalue weighted by molar-refractivity contribution is -0.111. The van der Waals surface area contributed by atoms with Crippen molar-refractivity contribution in [3.05, 3.63) is 65.5 Å². The van der Waals surface area contributed by atoms with E-state index in [1.54, 1.807) is 31.2 Å². The van der Waals surface area contributed by atoms with Crippen molar-refractivity contribution >= 4 is 23.8 Å². The summed E-state index contributed by atoms with van der Waals surface area (Å²) in [6.45, 7) is 2.51. The average molecular weight is 386 g/mol. The summed E-state index contributed by atoms with van der Waals surface area (Å²) in [6.07, 6.45) is 2.38. The minimum absolute atomic E-state index is 0.103. The van der Waals surface area contributed by atoms with E-state index in [0.29, 0.717) is 30.8 Å². The van der Waals surface area contributed by atoms with E-state index in [1.807, 2.05) is 12.1 Å². The molecule has 0 aromatic heterocycles. The van der Waals surface area contributed by atoms with E-state index in [1.165, 1.54) is 30.2 Å². The van der Waals surface area contributed by atoms with Crippen LogP contribution in [0.5, 0.6) is 5.75 Å². The summed E-state index contributed by atoms with van der Waals surface area (Å²) in [6, 6.07) is 11.4. The molecule has 0 aliphatic carbocycles. The fraction of sp³-hybridized carbons (Fsp3) is 0.238. The number of para-hydroxylation sites is 2. The zero-order valence-electron chi connectivity index (χ0n) is 15.8. The van der Waals surface area contributed by atoms with E-state index in [2.05, 4.69) is 5.32 Å². The topological polar surface area (TPSA) is 78.9 Å². The summed E-state index contributed by atoms with van der Waals surface area (Å²) in [5, 5.41) is 11.6. The molecule has 0 spiro atoms. The minimum atomic E-state index is -0.970. The average Bonchev–Trinajstić information content (AvgIpc) is 2.68. The lowest BCUT2D eigenvalue weighted by Gasteiger charge is -2.18. The van der Waals surface area contributed by atoms with Crippen LogP contribution >= 0.6 is 0 Å². The highest BCUT2D eigenvalue weighted by atomic mass is 19.1. The molecule has 0 fully saturated rings. The molecular weight excluding hydrogens is 363 g/mol. The molecule has 7 heteroatoms. The molecule has 148 valence electrons. The van der Waals surface area contributed by atoms with Crippen molar-refractivity contribution in [3.8, 4) is 5.75 Å². The summed E-state index contributed by atoms with van der Waals surface area (Å²) in [5.41, 5.74) is 1.60. The van der Waals surface area contributed by atoms with Crippen LogP contribution in [0.2, 0.25) is 0 Å². The lowest BCUT2D eigenvalue weighted by Crippen LogP contribution is -2.31. The summed E-state index contributed by atoms with van der Waals surface area (Å²) < 4.78 is 19.1. The summed E-state index contributed by atoms with van der Waals surface area (Å²) in [4.78, 5) is 24.5. The van der Waals surface area contributed by atoms with Crippen molar-refractivity contribution in [1.29, 1.82) is 0 Å². The molecule has 2 aromatic rings. The van der Waals surface area contributed by atoms with Crippen LogP contribution in [0.15, 0.2) is 48.5 Å². The quantitative estimate of drug-likeness (QED) is 0.672. The molecule has 6 nitrogen and oxygen atoms in total. The Kier molecular flexibility index (Phi) is 7.56. The second kappa shape index (κ2) is 10.1. The van der Waals surface area contributed by atoms with Crippen molar-refractivity contribution in [2.75, 3.05) is 25.5 Å². The second-order valence-corrected chi connectivity index (χ2v) is 5.95. The molecule has 0 saturated heterocycles. The number of rotatable bonds is 8. The van der Waals surface area contributed by atoms with Gasteiger partial charge in [0.15, 0.2) is 0 Å². The van der Waals surface area contributed by atoms with E-state index in [-0.39, 0.29) is 5.69 Å². The molecule has 0 saturated carbocycles. The number of nitrogens with one attached hydrogen (secondary N) is 1. The number of nitrogens with zero attached hydrogens (tertiary/aromatic N) is 1. The highest BCUT2D eigenvalue weighted by molar-refractivity contribution is 6.02. The third-order valence-electron chi connectivity index (χ3n) is 4.18. The van der Waals surface area contributed by atoms with Crippen LogP contribution in [-0.2, 0) is 11.2 Å². The fourth-order valence-electron chi connectivity index (χ4n) is 2.73. The maximum absolute atomic E-state index is 13.6. The molecule has 0 bridgehead atoms. The summed E-state index contributed by atoms with van der Waals surface area (Å²) >= 11 is 0. The Labute approximate surface area is 163 Å².